The summed E-state index contributed by atoms with van der Waals surface area (Å²) < 4.78 is 0. The van der Waals surface area contributed by atoms with Crippen LogP contribution in [0.15, 0.2) is 22.5 Å². The van der Waals surface area contributed by atoms with Gasteiger partial charge in [-0.2, -0.15) is 0 Å². The summed E-state index contributed by atoms with van der Waals surface area (Å²) in [7, 11) is 0. The quantitative estimate of drug-likeness (QED) is 0.657. The van der Waals surface area contributed by atoms with Crippen molar-refractivity contribution in [2.45, 2.75) is 59.4 Å². The molecule has 2 nitrogen and oxygen atoms in total. The highest BCUT2D eigenvalue weighted by atomic mass is 32.2. The molecule has 0 saturated carbocycles. The van der Waals surface area contributed by atoms with Crippen molar-refractivity contribution in [1.29, 1.82) is 0 Å². The zero-order valence-electron chi connectivity index (χ0n) is 11.5. The Morgan fingerprint density at radius 1 is 1.35 bits per heavy atom. The van der Waals surface area contributed by atoms with E-state index in [2.05, 4.69) is 25.7 Å². The lowest BCUT2D eigenvalue weighted by Gasteiger charge is -2.18. The summed E-state index contributed by atoms with van der Waals surface area (Å²) in [5, 5.41) is 3.11. The number of amides is 1. The predicted octanol–water partition coefficient (Wildman–Crippen LogP) is 4.24. The molecule has 1 N–H and O–H groups in total. The minimum Gasteiger partial charge on any atom is -0.349 e. The fourth-order valence-corrected chi connectivity index (χ4v) is 2.31. The van der Waals surface area contributed by atoms with Crippen LogP contribution in [0.2, 0.25) is 0 Å². The Bertz CT molecular complexity index is 278. The van der Waals surface area contributed by atoms with Gasteiger partial charge < -0.3 is 5.32 Å². The number of hydrogen-bond donors (Lipinski definition) is 1. The maximum absolute atomic E-state index is 12.0. The minimum atomic E-state index is 0.0346. The van der Waals surface area contributed by atoms with E-state index in [9.17, 15) is 4.79 Å². The lowest BCUT2D eigenvalue weighted by molar-refractivity contribution is -0.117. The molecule has 3 heteroatoms. The summed E-state index contributed by atoms with van der Waals surface area (Å²) in [6, 6.07) is 0.304. The Hall–Kier alpha value is -0.700. The molecule has 0 radical (unpaired) electrons. The molecule has 0 fully saturated rings. The van der Waals surface area contributed by atoms with Crippen molar-refractivity contribution in [3.63, 3.8) is 0 Å². The molecule has 0 aromatic heterocycles. The predicted molar refractivity (Wildman–Crippen MR) is 77.9 cm³/mol. The summed E-state index contributed by atoms with van der Waals surface area (Å²) in [6.07, 6.45) is 6.15. The van der Waals surface area contributed by atoms with Gasteiger partial charge in [-0.25, -0.2) is 0 Å². The molecule has 0 bridgehead atoms. The first-order valence-corrected chi connectivity index (χ1v) is 7.17. The topological polar surface area (TPSA) is 29.1 Å². The molecular weight excluding hydrogens is 230 g/mol. The lowest BCUT2D eigenvalue weighted by atomic mass is 10.1. The van der Waals surface area contributed by atoms with Gasteiger partial charge in [0.1, 0.15) is 0 Å². The van der Waals surface area contributed by atoms with Gasteiger partial charge >= 0.3 is 0 Å². The van der Waals surface area contributed by atoms with Gasteiger partial charge in [-0.15, -0.1) is 0 Å². The molecule has 0 aliphatic carbocycles. The second-order valence-corrected chi connectivity index (χ2v) is 5.55. The second kappa shape index (κ2) is 9.34. The molecule has 0 atom stereocenters. The largest absolute Gasteiger partial charge is 0.349 e. The van der Waals surface area contributed by atoms with Gasteiger partial charge in [-0.05, 0) is 31.6 Å². The van der Waals surface area contributed by atoms with Crippen molar-refractivity contribution in [1.82, 2.24) is 5.32 Å². The summed E-state index contributed by atoms with van der Waals surface area (Å²) in [4.78, 5) is 13.7. The zero-order valence-corrected chi connectivity index (χ0v) is 12.3. The highest BCUT2D eigenvalue weighted by Gasteiger charge is 2.14. The maximum atomic E-state index is 12.0. The van der Waals surface area contributed by atoms with Crippen LogP contribution in [-0.4, -0.2) is 11.9 Å². The molecule has 0 aromatic carbocycles. The van der Waals surface area contributed by atoms with Crippen molar-refractivity contribution in [2.75, 3.05) is 0 Å². The Morgan fingerprint density at radius 3 is 2.24 bits per heavy atom. The van der Waals surface area contributed by atoms with Crippen LogP contribution in [-0.2, 0) is 4.79 Å². The SMILES string of the molecule is C=C(C)S/C(=C\C)C(=O)NC(CCC)CCC. The van der Waals surface area contributed by atoms with E-state index in [0.717, 1.165) is 35.5 Å². The van der Waals surface area contributed by atoms with Gasteiger partial charge in [0.05, 0.1) is 4.91 Å². The molecule has 0 heterocycles. The maximum Gasteiger partial charge on any atom is 0.257 e. The van der Waals surface area contributed by atoms with Crippen LogP contribution in [0.3, 0.4) is 0 Å². The van der Waals surface area contributed by atoms with Crippen LogP contribution in [0.4, 0.5) is 0 Å². The van der Waals surface area contributed by atoms with Gasteiger partial charge in [0.15, 0.2) is 0 Å². The Labute approximate surface area is 110 Å². The van der Waals surface area contributed by atoms with Crippen LogP contribution in [0.5, 0.6) is 0 Å². The fraction of sp³-hybridized carbons (Fsp3) is 0.643. The molecule has 17 heavy (non-hydrogen) atoms. The molecule has 0 spiro atoms. The lowest BCUT2D eigenvalue weighted by Crippen LogP contribution is -2.35. The number of hydrogen-bond acceptors (Lipinski definition) is 2. The molecule has 0 aliphatic heterocycles. The van der Waals surface area contributed by atoms with Crippen LogP contribution in [0.25, 0.3) is 0 Å². The third-order valence-corrected chi connectivity index (χ3v) is 3.37. The van der Waals surface area contributed by atoms with Crippen molar-refractivity contribution >= 4 is 17.7 Å². The van der Waals surface area contributed by atoms with E-state index in [1.54, 1.807) is 0 Å². The van der Waals surface area contributed by atoms with Crippen LogP contribution in [0, 0.1) is 0 Å². The molecule has 0 aromatic rings. The molecule has 1 amide bonds. The zero-order chi connectivity index (χ0) is 13.3. The number of carbonyl (C=O) groups is 1. The number of allylic oxidation sites excluding steroid dienone is 2. The molecule has 0 saturated heterocycles. The van der Waals surface area contributed by atoms with Crippen LogP contribution < -0.4 is 5.32 Å². The van der Waals surface area contributed by atoms with Gasteiger partial charge in [0.2, 0.25) is 0 Å². The number of nitrogens with one attached hydrogen (secondary N) is 1. The van der Waals surface area contributed by atoms with Crippen molar-refractivity contribution in [2.24, 2.45) is 0 Å². The first-order chi connectivity index (χ1) is 8.04. The highest BCUT2D eigenvalue weighted by molar-refractivity contribution is 8.07. The third-order valence-electron chi connectivity index (χ3n) is 2.38. The van der Waals surface area contributed by atoms with Gasteiger partial charge in [-0.1, -0.05) is 51.1 Å². The Balaban J connectivity index is 4.41. The van der Waals surface area contributed by atoms with Gasteiger partial charge in [-0.3, -0.25) is 4.79 Å². The Morgan fingerprint density at radius 2 is 1.88 bits per heavy atom. The molecule has 0 aliphatic rings. The number of carbonyl (C=O) groups excluding carboxylic acids is 1. The van der Waals surface area contributed by atoms with Crippen molar-refractivity contribution < 1.29 is 4.79 Å². The van der Waals surface area contributed by atoms with Crippen molar-refractivity contribution in [3.8, 4) is 0 Å². The smallest absolute Gasteiger partial charge is 0.257 e. The fourth-order valence-electron chi connectivity index (χ4n) is 1.67. The van der Waals surface area contributed by atoms with E-state index >= 15 is 0 Å². The van der Waals surface area contributed by atoms with E-state index in [1.807, 2.05) is 19.9 Å². The molecule has 98 valence electrons. The number of rotatable bonds is 8. The summed E-state index contributed by atoms with van der Waals surface area (Å²) >= 11 is 1.44. The summed E-state index contributed by atoms with van der Waals surface area (Å²) in [5.41, 5.74) is 0. The van der Waals surface area contributed by atoms with Gasteiger partial charge in [0.25, 0.3) is 5.91 Å². The average Bonchev–Trinajstić information content (AvgIpc) is 2.26. The highest BCUT2D eigenvalue weighted by Crippen LogP contribution is 2.23. The monoisotopic (exact) mass is 255 g/mol. The molecule has 0 rings (SSSR count). The molecule has 0 unspecified atom stereocenters. The standard InChI is InChI=1S/C14H25NOS/c1-6-9-12(10-7-2)15-14(16)13(8-3)17-11(4)5/h8,12H,4,6-7,9-10H2,1-3,5H3,(H,15,16)/b13-8-. The second-order valence-electron chi connectivity index (χ2n) is 4.20. The Kier molecular flexibility index (Phi) is 8.96. The van der Waals surface area contributed by atoms with Gasteiger partial charge in [0, 0.05) is 6.04 Å². The molecular formula is C14H25NOS. The first kappa shape index (κ1) is 16.3. The van der Waals surface area contributed by atoms with E-state index in [-0.39, 0.29) is 5.91 Å². The van der Waals surface area contributed by atoms with E-state index < -0.39 is 0 Å². The summed E-state index contributed by atoms with van der Waals surface area (Å²) in [5.74, 6) is 0.0346. The average molecular weight is 255 g/mol. The van der Waals surface area contributed by atoms with Crippen LogP contribution >= 0.6 is 11.8 Å². The normalized spacial score (nSPS) is 11.7. The van der Waals surface area contributed by atoms with E-state index in [4.69, 9.17) is 0 Å². The van der Waals surface area contributed by atoms with E-state index in [0.29, 0.717) is 6.04 Å². The van der Waals surface area contributed by atoms with Crippen molar-refractivity contribution in [3.05, 3.63) is 22.5 Å². The minimum absolute atomic E-state index is 0.0346. The van der Waals surface area contributed by atoms with E-state index in [1.165, 1.54) is 11.8 Å². The first-order valence-electron chi connectivity index (χ1n) is 6.35. The number of thioether (sulfide) groups is 1. The third kappa shape index (κ3) is 7.27. The van der Waals surface area contributed by atoms with Crippen LogP contribution in [0.1, 0.15) is 53.4 Å². The summed E-state index contributed by atoms with van der Waals surface area (Å²) in [6.45, 7) is 11.9.